The van der Waals surface area contributed by atoms with Crippen molar-refractivity contribution < 1.29 is 9.53 Å². The molecule has 0 spiro atoms. The lowest BCUT2D eigenvalue weighted by atomic mass is 9.97. The van der Waals surface area contributed by atoms with Crippen LogP contribution in [0.5, 0.6) is 5.75 Å². The highest BCUT2D eigenvalue weighted by molar-refractivity contribution is 7.15. The van der Waals surface area contributed by atoms with E-state index in [9.17, 15) is 4.79 Å². The molecule has 2 N–H and O–H groups in total. The van der Waals surface area contributed by atoms with Crippen molar-refractivity contribution in [3.8, 4) is 16.9 Å². The van der Waals surface area contributed by atoms with Crippen molar-refractivity contribution in [3.63, 3.8) is 0 Å². The number of thiophene rings is 1. The molecule has 1 aromatic heterocycles. The number of ether oxygens (including phenoxy) is 1. The summed E-state index contributed by atoms with van der Waals surface area (Å²) >= 11 is 7.24. The summed E-state index contributed by atoms with van der Waals surface area (Å²) in [4.78, 5) is 12.8. The molecule has 0 aliphatic rings. The van der Waals surface area contributed by atoms with Crippen LogP contribution in [0.2, 0.25) is 5.02 Å². The summed E-state index contributed by atoms with van der Waals surface area (Å²) in [6, 6.07) is 14.4. The van der Waals surface area contributed by atoms with Crippen molar-refractivity contribution >= 4 is 33.7 Å². The van der Waals surface area contributed by atoms with E-state index in [1.807, 2.05) is 29.6 Å². The first-order chi connectivity index (χ1) is 11.1. The van der Waals surface area contributed by atoms with Gasteiger partial charge in [-0.1, -0.05) is 23.7 Å². The molecular weight excluding hydrogens is 330 g/mol. The van der Waals surface area contributed by atoms with Crippen molar-refractivity contribution in [1.82, 2.24) is 0 Å². The number of hydrogen-bond acceptors (Lipinski definition) is 4. The molecule has 23 heavy (non-hydrogen) atoms. The lowest BCUT2D eigenvalue weighted by Crippen LogP contribution is -2.04. The number of nitrogen functional groups attached to an aromatic ring is 1. The zero-order chi connectivity index (χ0) is 16.4. The molecule has 0 radical (unpaired) electrons. The van der Waals surface area contributed by atoms with Gasteiger partial charge in [0, 0.05) is 21.5 Å². The molecule has 5 heteroatoms. The highest BCUT2D eigenvalue weighted by atomic mass is 35.5. The Kier molecular flexibility index (Phi) is 4.37. The number of hydrogen-bond donors (Lipinski definition) is 1. The fourth-order valence-electron chi connectivity index (χ4n) is 2.36. The molecule has 0 saturated heterocycles. The molecule has 3 rings (SSSR count). The third-order valence-corrected chi connectivity index (χ3v) is 4.60. The lowest BCUT2D eigenvalue weighted by molar-refractivity contribution is 0.104. The summed E-state index contributed by atoms with van der Waals surface area (Å²) in [5.41, 5.74) is 8.85. The molecule has 2 aromatic carbocycles. The Balaban J connectivity index is 2.08. The van der Waals surface area contributed by atoms with Crippen LogP contribution in [0.1, 0.15) is 15.9 Å². The van der Waals surface area contributed by atoms with Gasteiger partial charge in [0.25, 0.3) is 0 Å². The van der Waals surface area contributed by atoms with Gasteiger partial charge in [0.1, 0.15) is 5.75 Å². The highest BCUT2D eigenvalue weighted by Crippen LogP contribution is 2.36. The lowest BCUT2D eigenvalue weighted by Gasteiger charge is -2.07. The van der Waals surface area contributed by atoms with Crippen molar-refractivity contribution in [3.05, 3.63) is 70.1 Å². The van der Waals surface area contributed by atoms with E-state index in [2.05, 4.69) is 0 Å². The molecule has 3 aromatic rings. The molecule has 0 amide bonds. The van der Waals surface area contributed by atoms with Gasteiger partial charge in [0.2, 0.25) is 0 Å². The number of methoxy groups -OCH3 is 1. The number of carbonyl (C=O) groups excluding carboxylic acids is 1. The van der Waals surface area contributed by atoms with E-state index in [1.165, 1.54) is 11.3 Å². The number of nitrogens with two attached hydrogens (primary N) is 1. The van der Waals surface area contributed by atoms with Gasteiger partial charge in [0.15, 0.2) is 5.78 Å². The molecule has 0 saturated carbocycles. The molecule has 1 heterocycles. The fraction of sp³-hybridized carbons (Fsp3) is 0.0556. The number of anilines is 1. The largest absolute Gasteiger partial charge is 0.497 e. The molecule has 0 aliphatic carbocycles. The quantitative estimate of drug-likeness (QED) is 0.686. The molecule has 0 unspecified atom stereocenters. The first kappa shape index (κ1) is 15.6. The fourth-order valence-corrected chi connectivity index (χ4v) is 3.30. The van der Waals surface area contributed by atoms with E-state index in [4.69, 9.17) is 22.1 Å². The molecule has 0 fully saturated rings. The van der Waals surface area contributed by atoms with Crippen molar-refractivity contribution in [2.75, 3.05) is 12.8 Å². The molecule has 0 atom stereocenters. The third-order valence-electron chi connectivity index (χ3n) is 3.53. The Morgan fingerprint density at radius 3 is 2.61 bits per heavy atom. The number of rotatable bonds is 4. The summed E-state index contributed by atoms with van der Waals surface area (Å²) in [6.45, 7) is 0. The summed E-state index contributed by atoms with van der Waals surface area (Å²) in [6.07, 6.45) is 0. The van der Waals surface area contributed by atoms with Gasteiger partial charge in [-0.05, 0) is 42.0 Å². The van der Waals surface area contributed by atoms with Crippen molar-refractivity contribution in [1.29, 1.82) is 0 Å². The van der Waals surface area contributed by atoms with Gasteiger partial charge < -0.3 is 10.5 Å². The monoisotopic (exact) mass is 343 g/mol. The van der Waals surface area contributed by atoms with E-state index < -0.39 is 0 Å². The van der Waals surface area contributed by atoms with E-state index in [0.29, 0.717) is 21.2 Å². The second-order valence-electron chi connectivity index (χ2n) is 4.96. The van der Waals surface area contributed by atoms with Crippen LogP contribution in [-0.4, -0.2) is 12.9 Å². The zero-order valence-electron chi connectivity index (χ0n) is 12.4. The summed E-state index contributed by atoms with van der Waals surface area (Å²) in [7, 11) is 1.61. The first-order valence-corrected chi connectivity index (χ1v) is 8.17. The minimum Gasteiger partial charge on any atom is -0.497 e. The van der Waals surface area contributed by atoms with Crippen molar-refractivity contribution in [2.45, 2.75) is 0 Å². The molecule has 0 bridgehead atoms. The average molecular weight is 344 g/mol. The van der Waals surface area contributed by atoms with Crippen LogP contribution in [0.25, 0.3) is 11.1 Å². The second kappa shape index (κ2) is 6.44. The standard InChI is InChI=1S/C18H14ClNO2S/c1-22-14-4-2-3-12(9-14)15-10-23-18(20)16(15)17(21)11-5-7-13(19)8-6-11/h2-10H,20H2,1H3. The Morgan fingerprint density at radius 2 is 1.91 bits per heavy atom. The van der Waals surface area contributed by atoms with Crippen LogP contribution >= 0.6 is 22.9 Å². The third kappa shape index (κ3) is 3.09. The Morgan fingerprint density at radius 1 is 1.17 bits per heavy atom. The van der Waals surface area contributed by atoms with Gasteiger partial charge in [-0.25, -0.2) is 0 Å². The van der Waals surface area contributed by atoms with Crippen LogP contribution < -0.4 is 10.5 Å². The minimum absolute atomic E-state index is 0.113. The van der Waals surface area contributed by atoms with Crippen LogP contribution in [0.3, 0.4) is 0 Å². The Hall–Kier alpha value is -2.30. The maximum absolute atomic E-state index is 12.8. The van der Waals surface area contributed by atoms with Crippen LogP contribution in [0.4, 0.5) is 5.00 Å². The van der Waals surface area contributed by atoms with Crippen LogP contribution in [-0.2, 0) is 0 Å². The maximum Gasteiger partial charge on any atom is 0.196 e. The van der Waals surface area contributed by atoms with Gasteiger partial charge in [0.05, 0.1) is 17.7 Å². The average Bonchev–Trinajstić information content (AvgIpc) is 2.96. The second-order valence-corrected chi connectivity index (χ2v) is 6.30. The number of carbonyl (C=O) groups is 1. The van der Waals surface area contributed by atoms with Crippen LogP contribution in [0, 0.1) is 0 Å². The highest BCUT2D eigenvalue weighted by Gasteiger charge is 2.20. The number of halogens is 1. The van der Waals surface area contributed by atoms with E-state index in [1.54, 1.807) is 31.4 Å². The predicted octanol–water partition coefficient (Wildman–Crippen LogP) is 4.89. The topological polar surface area (TPSA) is 52.3 Å². The van der Waals surface area contributed by atoms with Gasteiger partial charge in [-0.2, -0.15) is 0 Å². The number of benzene rings is 2. The zero-order valence-corrected chi connectivity index (χ0v) is 13.9. The normalized spacial score (nSPS) is 10.5. The van der Waals surface area contributed by atoms with Gasteiger partial charge in [-0.15, -0.1) is 11.3 Å². The van der Waals surface area contributed by atoms with Crippen molar-refractivity contribution in [2.24, 2.45) is 0 Å². The van der Waals surface area contributed by atoms with Gasteiger partial charge in [-0.3, -0.25) is 4.79 Å². The molecular formula is C18H14ClNO2S. The molecule has 3 nitrogen and oxygen atoms in total. The van der Waals surface area contributed by atoms with E-state index in [-0.39, 0.29) is 5.78 Å². The summed E-state index contributed by atoms with van der Waals surface area (Å²) < 4.78 is 5.25. The number of ketones is 1. The van der Waals surface area contributed by atoms with Crippen LogP contribution in [0.15, 0.2) is 53.9 Å². The Labute approximate surface area is 143 Å². The van der Waals surface area contributed by atoms with Gasteiger partial charge >= 0.3 is 0 Å². The smallest absolute Gasteiger partial charge is 0.196 e. The summed E-state index contributed by atoms with van der Waals surface area (Å²) in [5, 5.41) is 2.99. The molecule has 0 aliphatic heterocycles. The van der Waals surface area contributed by atoms with E-state index >= 15 is 0 Å². The van der Waals surface area contributed by atoms with E-state index in [0.717, 1.165) is 16.9 Å². The SMILES string of the molecule is COc1cccc(-c2csc(N)c2C(=O)c2ccc(Cl)cc2)c1. The predicted molar refractivity (Wildman–Crippen MR) is 95.6 cm³/mol. The maximum atomic E-state index is 12.8. The summed E-state index contributed by atoms with van der Waals surface area (Å²) in [5.74, 6) is 0.621. The first-order valence-electron chi connectivity index (χ1n) is 6.92. The minimum atomic E-state index is -0.113. The molecule has 116 valence electrons. The Bertz CT molecular complexity index is 856.